The Morgan fingerprint density at radius 2 is 1.94 bits per heavy atom. The molecule has 1 saturated heterocycles. The van der Waals surface area contributed by atoms with Gasteiger partial charge in [-0.3, -0.25) is 14.4 Å². The van der Waals surface area contributed by atoms with Crippen molar-refractivity contribution in [2.24, 2.45) is 11.5 Å². The highest BCUT2D eigenvalue weighted by molar-refractivity contribution is 5.83. The first-order valence-corrected chi connectivity index (χ1v) is 5.07. The zero-order valence-electron chi connectivity index (χ0n) is 9.26. The highest BCUT2D eigenvalue weighted by atomic mass is 16.4. The summed E-state index contributed by atoms with van der Waals surface area (Å²) in [7, 11) is 0. The van der Waals surface area contributed by atoms with Crippen molar-refractivity contribution in [1.29, 1.82) is 0 Å². The first-order valence-electron chi connectivity index (χ1n) is 5.07. The summed E-state index contributed by atoms with van der Waals surface area (Å²) in [4.78, 5) is 30.0. The molecule has 8 nitrogen and oxygen atoms in total. The Kier molecular flexibility index (Phi) is 6.83. The van der Waals surface area contributed by atoms with E-state index in [4.69, 9.17) is 15.9 Å². The van der Waals surface area contributed by atoms with Crippen LogP contribution in [0.1, 0.15) is 19.3 Å². The first kappa shape index (κ1) is 15.3. The first-order chi connectivity index (χ1) is 7.84. The van der Waals surface area contributed by atoms with E-state index in [2.05, 4.69) is 11.1 Å². The molecule has 17 heavy (non-hydrogen) atoms. The lowest BCUT2D eigenvalue weighted by molar-refractivity contribution is -0.140. The molecule has 0 spiro atoms. The van der Waals surface area contributed by atoms with Gasteiger partial charge in [-0.1, -0.05) is 0 Å². The van der Waals surface area contributed by atoms with Crippen molar-refractivity contribution < 1.29 is 24.6 Å². The van der Waals surface area contributed by atoms with E-state index in [1.165, 1.54) is 0 Å². The minimum absolute atomic E-state index is 0.269. The molecular formula is C9H17N3O5. The van der Waals surface area contributed by atoms with Gasteiger partial charge in [0.15, 0.2) is 0 Å². The molecule has 1 heterocycles. The van der Waals surface area contributed by atoms with Crippen LogP contribution < -0.4 is 16.8 Å². The Labute approximate surface area is 98.0 Å². The summed E-state index contributed by atoms with van der Waals surface area (Å²) >= 11 is 0. The lowest BCUT2D eigenvalue weighted by atomic mass is 10.2. The van der Waals surface area contributed by atoms with Gasteiger partial charge in [0.1, 0.15) is 12.1 Å². The number of carboxylic acid groups (broad SMARTS) is 2. The second-order valence-electron chi connectivity index (χ2n) is 3.60. The summed E-state index contributed by atoms with van der Waals surface area (Å²) in [5.41, 5.74) is 9.57. The zero-order chi connectivity index (χ0) is 13.4. The molecule has 1 rings (SSSR count). The summed E-state index contributed by atoms with van der Waals surface area (Å²) in [6, 6.07) is -1.43. The fourth-order valence-corrected chi connectivity index (χ4v) is 1.20. The molecule has 0 aromatic heterocycles. The average molecular weight is 247 g/mol. The minimum atomic E-state index is -1.21. The predicted molar refractivity (Wildman–Crippen MR) is 58.1 cm³/mol. The van der Waals surface area contributed by atoms with Crippen molar-refractivity contribution in [2.45, 2.75) is 31.3 Å². The molecule has 7 N–H and O–H groups in total. The van der Waals surface area contributed by atoms with Crippen LogP contribution in [0.3, 0.4) is 0 Å². The van der Waals surface area contributed by atoms with E-state index in [0.29, 0.717) is 0 Å². The fourth-order valence-electron chi connectivity index (χ4n) is 1.20. The third-order valence-corrected chi connectivity index (χ3v) is 2.10. The fraction of sp³-hybridized carbons (Fsp3) is 0.667. The molecule has 98 valence electrons. The number of aliphatic carboxylic acids is 2. The quantitative estimate of drug-likeness (QED) is 0.388. The summed E-state index contributed by atoms with van der Waals surface area (Å²) in [6.07, 6.45) is 1.47. The molecule has 0 aromatic carbocycles. The molecule has 0 aromatic rings. The van der Waals surface area contributed by atoms with Gasteiger partial charge in [-0.2, -0.15) is 0 Å². The smallest absolute Gasteiger partial charge is 0.321 e. The number of amides is 1. The van der Waals surface area contributed by atoms with Crippen molar-refractivity contribution in [2.75, 3.05) is 6.54 Å². The Bertz CT molecular complexity index is 288. The van der Waals surface area contributed by atoms with E-state index in [9.17, 15) is 14.4 Å². The van der Waals surface area contributed by atoms with Crippen molar-refractivity contribution in [3.63, 3.8) is 0 Å². The SMILES string of the molecule is NC(=O)CC(N)C(=O)O.O=C(O)C1CCCN1. The molecule has 0 radical (unpaired) electrons. The van der Waals surface area contributed by atoms with Crippen LogP contribution in [0.4, 0.5) is 0 Å². The molecule has 2 unspecified atom stereocenters. The molecule has 2 atom stereocenters. The number of hydrogen-bond acceptors (Lipinski definition) is 5. The van der Waals surface area contributed by atoms with E-state index in [-0.39, 0.29) is 12.5 Å². The van der Waals surface area contributed by atoms with Gasteiger partial charge >= 0.3 is 11.9 Å². The van der Waals surface area contributed by atoms with Crippen molar-refractivity contribution in [1.82, 2.24) is 5.32 Å². The standard InChI is InChI=1S/C5H9NO2.C4H8N2O3/c7-5(8)4-2-1-3-6-4;5-2(4(8)9)1-3(6)7/h4,6H,1-3H2,(H,7,8);2H,1,5H2,(H2,6,7)(H,8,9). The number of carbonyl (C=O) groups is 3. The summed E-state index contributed by atoms with van der Waals surface area (Å²) in [5, 5.41) is 19.3. The van der Waals surface area contributed by atoms with E-state index >= 15 is 0 Å². The van der Waals surface area contributed by atoms with Crippen LogP contribution in [0.25, 0.3) is 0 Å². The third-order valence-electron chi connectivity index (χ3n) is 2.10. The van der Waals surface area contributed by atoms with E-state index in [1.807, 2.05) is 0 Å². The molecule has 8 heteroatoms. The van der Waals surface area contributed by atoms with Crippen LogP contribution in [0.15, 0.2) is 0 Å². The second kappa shape index (κ2) is 7.58. The third kappa shape index (κ3) is 7.25. The van der Waals surface area contributed by atoms with Gasteiger partial charge < -0.3 is 27.0 Å². The number of rotatable bonds is 4. The maximum absolute atomic E-state index is 10.1. The lowest BCUT2D eigenvalue weighted by Crippen LogP contribution is -2.34. The van der Waals surface area contributed by atoms with Gasteiger partial charge in [0.05, 0.1) is 6.42 Å². The van der Waals surface area contributed by atoms with E-state index in [0.717, 1.165) is 19.4 Å². The molecule has 0 bridgehead atoms. The van der Waals surface area contributed by atoms with Crippen molar-refractivity contribution in [3.05, 3.63) is 0 Å². The highest BCUT2D eigenvalue weighted by Gasteiger charge is 2.20. The normalized spacial score (nSPS) is 19.9. The summed E-state index contributed by atoms with van der Waals surface area (Å²) < 4.78 is 0. The van der Waals surface area contributed by atoms with Crippen LogP contribution >= 0.6 is 0 Å². The van der Waals surface area contributed by atoms with Crippen LogP contribution in [0.5, 0.6) is 0 Å². The number of hydrogen-bond donors (Lipinski definition) is 5. The molecule has 1 aliphatic rings. The number of carboxylic acids is 2. The molecule has 1 amide bonds. The van der Waals surface area contributed by atoms with Crippen LogP contribution in [0, 0.1) is 0 Å². The number of primary amides is 1. The van der Waals surface area contributed by atoms with E-state index in [1.54, 1.807) is 0 Å². The minimum Gasteiger partial charge on any atom is -0.480 e. The van der Waals surface area contributed by atoms with Gasteiger partial charge in [0, 0.05) is 0 Å². The number of nitrogens with one attached hydrogen (secondary N) is 1. The molecular weight excluding hydrogens is 230 g/mol. The van der Waals surface area contributed by atoms with E-state index < -0.39 is 23.9 Å². The van der Waals surface area contributed by atoms with Crippen LogP contribution in [-0.2, 0) is 14.4 Å². The molecule has 1 fully saturated rings. The van der Waals surface area contributed by atoms with Crippen LogP contribution in [0.2, 0.25) is 0 Å². The second-order valence-corrected chi connectivity index (χ2v) is 3.60. The highest BCUT2D eigenvalue weighted by Crippen LogP contribution is 2.03. The average Bonchev–Trinajstić information content (AvgIpc) is 2.69. The molecule has 0 saturated carbocycles. The number of nitrogens with two attached hydrogens (primary N) is 2. The Morgan fingerprint density at radius 1 is 1.35 bits per heavy atom. The molecule has 0 aliphatic carbocycles. The van der Waals surface area contributed by atoms with Gasteiger partial charge in [-0.15, -0.1) is 0 Å². The van der Waals surface area contributed by atoms with Crippen molar-refractivity contribution in [3.8, 4) is 0 Å². The van der Waals surface area contributed by atoms with Gasteiger partial charge in [0.25, 0.3) is 0 Å². The van der Waals surface area contributed by atoms with Crippen molar-refractivity contribution >= 4 is 17.8 Å². The predicted octanol–water partition coefficient (Wildman–Crippen LogP) is -1.90. The monoisotopic (exact) mass is 247 g/mol. The Hall–Kier alpha value is -1.67. The van der Waals surface area contributed by atoms with Gasteiger partial charge in [-0.25, -0.2) is 0 Å². The Morgan fingerprint density at radius 3 is 2.12 bits per heavy atom. The number of carbonyl (C=O) groups excluding carboxylic acids is 1. The Balaban J connectivity index is 0.000000302. The summed E-state index contributed by atoms with van der Waals surface area (Å²) in [6.45, 7) is 0.858. The van der Waals surface area contributed by atoms with Crippen LogP contribution in [-0.4, -0.2) is 46.7 Å². The zero-order valence-corrected chi connectivity index (χ0v) is 9.26. The molecule has 1 aliphatic heterocycles. The maximum Gasteiger partial charge on any atom is 0.321 e. The topological polar surface area (TPSA) is 156 Å². The summed E-state index contributed by atoms with van der Waals surface area (Å²) in [5.74, 6) is -2.64. The van der Waals surface area contributed by atoms with Gasteiger partial charge in [0.2, 0.25) is 5.91 Å². The largest absolute Gasteiger partial charge is 0.480 e. The lowest BCUT2D eigenvalue weighted by Gasteiger charge is -1.99. The van der Waals surface area contributed by atoms with Gasteiger partial charge in [-0.05, 0) is 19.4 Å². The maximum atomic E-state index is 10.1.